The van der Waals surface area contributed by atoms with Crippen molar-refractivity contribution < 1.29 is 5.11 Å². The normalized spacial score (nSPS) is 12.1. The van der Waals surface area contributed by atoms with Crippen molar-refractivity contribution >= 4 is 0 Å². The highest BCUT2D eigenvalue weighted by molar-refractivity contribution is 5.44. The maximum atomic E-state index is 9.83. The molecule has 0 amide bonds. The average molecular weight is 192 g/mol. The van der Waals surface area contributed by atoms with Crippen LogP contribution in [0.15, 0.2) is 18.2 Å². The SMILES string of the molecule is CC(C)c1c(O)cccc1C(C)(C)C. The van der Waals surface area contributed by atoms with Gasteiger partial charge in [0.05, 0.1) is 0 Å². The first-order valence-corrected chi connectivity index (χ1v) is 5.16. The molecular formula is C13H20O. The van der Waals surface area contributed by atoms with Crippen LogP contribution in [0.3, 0.4) is 0 Å². The van der Waals surface area contributed by atoms with Crippen LogP contribution in [0.2, 0.25) is 0 Å². The molecule has 0 saturated carbocycles. The molecule has 0 aliphatic rings. The Morgan fingerprint density at radius 1 is 1.14 bits per heavy atom. The number of rotatable bonds is 1. The van der Waals surface area contributed by atoms with E-state index in [0.29, 0.717) is 11.7 Å². The van der Waals surface area contributed by atoms with Crippen molar-refractivity contribution in [3.05, 3.63) is 29.3 Å². The molecule has 1 nitrogen and oxygen atoms in total. The predicted octanol–water partition coefficient (Wildman–Crippen LogP) is 3.81. The summed E-state index contributed by atoms with van der Waals surface area (Å²) in [7, 11) is 0. The molecule has 0 aliphatic heterocycles. The molecule has 0 unspecified atom stereocenters. The Labute approximate surface area is 86.8 Å². The molecule has 0 spiro atoms. The lowest BCUT2D eigenvalue weighted by atomic mass is 9.80. The third kappa shape index (κ3) is 2.09. The fraction of sp³-hybridized carbons (Fsp3) is 0.538. The zero-order valence-corrected chi connectivity index (χ0v) is 9.76. The lowest BCUT2D eigenvalue weighted by molar-refractivity contribution is 0.457. The van der Waals surface area contributed by atoms with Crippen LogP contribution in [0, 0.1) is 0 Å². The number of phenols is 1. The van der Waals surface area contributed by atoms with E-state index in [1.54, 1.807) is 6.07 Å². The number of aromatic hydroxyl groups is 1. The third-order valence-electron chi connectivity index (χ3n) is 2.47. The minimum atomic E-state index is 0.0956. The smallest absolute Gasteiger partial charge is 0.119 e. The van der Waals surface area contributed by atoms with Gasteiger partial charge >= 0.3 is 0 Å². The van der Waals surface area contributed by atoms with Crippen molar-refractivity contribution in [1.29, 1.82) is 0 Å². The van der Waals surface area contributed by atoms with E-state index in [1.165, 1.54) is 5.56 Å². The van der Waals surface area contributed by atoms with E-state index in [-0.39, 0.29) is 5.41 Å². The fourth-order valence-corrected chi connectivity index (χ4v) is 1.81. The Balaban J connectivity index is 3.36. The Morgan fingerprint density at radius 2 is 1.71 bits per heavy atom. The standard InChI is InChI=1S/C13H20O/c1-9(2)12-10(13(3,4)5)7-6-8-11(12)14/h6-9,14H,1-5H3. The fourth-order valence-electron chi connectivity index (χ4n) is 1.81. The van der Waals surface area contributed by atoms with Crippen molar-refractivity contribution in [2.75, 3.05) is 0 Å². The molecule has 0 aliphatic carbocycles. The van der Waals surface area contributed by atoms with Crippen LogP contribution >= 0.6 is 0 Å². The monoisotopic (exact) mass is 192 g/mol. The molecule has 0 radical (unpaired) electrons. The molecule has 78 valence electrons. The average Bonchev–Trinajstić information content (AvgIpc) is 2.01. The second-order valence-electron chi connectivity index (χ2n) is 5.14. The lowest BCUT2D eigenvalue weighted by Crippen LogP contribution is -2.14. The maximum Gasteiger partial charge on any atom is 0.119 e. The lowest BCUT2D eigenvalue weighted by Gasteiger charge is -2.25. The maximum absolute atomic E-state index is 9.83. The van der Waals surface area contributed by atoms with Gasteiger partial charge in [-0.1, -0.05) is 46.8 Å². The van der Waals surface area contributed by atoms with Crippen molar-refractivity contribution in [3.8, 4) is 5.75 Å². The number of hydrogen-bond acceptors (Lipinski definition) is 1. The summed E-state index contributed by atoms with van der Waals surface area (Å²) >= 11 is 0. The van der Waals surface area contributed by atoms with E-state index >= 15 is 0 Å². The number of hydrogen-bond donors (Lipinski definition) is 1. The summed E-state index contributed by atoms with van der Waals surface area (Å²) in [4.78, 5) is 0. The van der Waals surface area contributed by atoms with Crippen molar-refractivity contribution in [3.63, 3.8) is 0 Å². The molecule has 1 aromatic rings. The molecule has 0 heterocycles. The minimum absolute atomic E-state index is 0.0956. The van der Waals surface area contributed by atoms with E-state index in [2.05, 4.69) is 40.7 Å². The van der Waals surface area contributed by atoms with Crippen LogP contribution in [0.25, 0.3) is 0 Å². The highest BCUT2D eigenvalue weighted by atomic mass is 16.3. The summed E-state index contributed by atoms with van der Waals surface area (Å²) in [6, 6.07) is 5.79. The summed E-state index contributed by atoms with van der Waals surface area (Å²) in [5, 5.41) is 9.83. The van der Waals surface area contributed by atoms with E-state index in [1.807, 2.05) is 6.07 Å². The highest BCUT2D eigenvalue weighted by Gasteiger charge is 2.21. The summed E-state index contributed by atoms with van der Waals surface area (Å²) in [6.07, 6.45) is 0. The molecule has 0 saturated heterocycles. The minimum Gasteiger partial charge on any atom is -0.508 e. The van der Waals surface area contributed by atoms with Gasteiger partial charge in [-0.25, -0.2) is 0 Å². The van der Waals surface area contributed by atoms with Gasteiger partial charge in [-0.2, -0.15) is 0 Å². The van der Waals surface area contributed by atoms with Crippen LogP contribution in [-0.4, -0.2) is 5.11 Å². The second-order valence-corrected chi connectivity index (χ2v) is 5.14. The Bertz CT molecular complexity index is 318. The first-order valence-electron chi connectivity index (χ1n) is 5.16. The largest absolute Gasteiger partial charge is 0.508 e. The Kier molecular flexibility index (Phi) is 2.89. The van der Waals surface area contributed by atoms with Crippen molar-refractivity contribution in [2.45, 2.75) is 46.0 Å². The summed E-state index contributed by atoms with van der Waals surface area (Å²) in [5.41, 5.74) is 2.42. The van der Waals surface area contributed by atoms with Gasteiger partial charge in [-0.15, -0.1) is 0 Å². The summed E-state index contributed by atoms with van der Waals surface area (Å²) in [6.45, 7) is 10.8. The van der Waals surface area contributed by atoms with Crippen molar-refractivity contribution in [1.82, 2.24) is 0 Å². The van der Waals surface area contributed by atoms with Gasteiger partial charge in [0, 0.05) is 5.56 Å². The van der Waals surface area contributed by atoms with Crippen LogP contribution < -0.4 is 0 Å². The quantitative estimate of drug-likeness (QED) is 0.717. The Hall–Kier alpha value is -0.980. The second kappa shape index (κ2) is 3.64. The first-order chi connectivity index (χ1) is 6.34. The van der Waals surface area contributed by atoms with E-state index in [9.17, 15) is 5.11 Å². The zero-order valence-electron chi connectivity index (χ0n) is 9.76. The summed E-state index contributed by atoms with van der Waals surface area (Å²) in [5.74, 6) is 0.790. The molecule has 1 heteroatoms. The van der Waals surface area contributed by atoms with Gasteiger partial charge < -0.3 is 5.11 Å². The van der Waals surface area contributed by atoms with Gasteiger partial charge in [0.25, 0.3) is 0 Å². The zero-order chi connectivity index (χ0) is 10.9. The van der Waals surface area contributed by atoms with Crippen LogP contribution in [-0.2, 0) is 5.41 Å². The van der Waals surface area contributed by atoms with Gasteiger partial charge in [-0.3, -0.25) is 0 Å². The Morgan fingerprint density at radius 3 is 2.07 bits per heavy atom. The van der Waals surface area contributed by atoms with Gasteiger partial charge in [0.2, 0.25) is 0 Å². The van der Waals surface area contributed by atoms with Crippen LogP contribution in [0.5, 0.6) is 5.75 Å². The molecule has 0 aromatic heterocycles. The number of benzene rings is 1. The van der Waals surface area contributed by atoms with Crippen LogP contribution in [0.1, 0.15) is 51.7 Å². The van der Waals surface area contributed by atoms with E-state index in [0.717, 1.165) is 5.56 Å². The van der Waals surface area contributed by atoms with Gasteiger partial charge in [0.1, 0.15) is 5.75 Å². The molecule has 1 rings (SSSR count). The molecular weight excluding hydrogens is 172 g/mol. The molecule has 0 fully saturated rings. The molecule has 14 heavy (non-hydrogen) atoms. The van der Waals surface area contributed by atoms with Gasteiger partial charge in [-0.05, 0) is 23.0 Å². The van der Waals surface area contributed by atoms with Crippen LogP contribution in [0.4, 0.5) is 0 Å². The predicted molar refractivity (Wildman–Crippen MR) is 60.9 cm³/mol. The molecule has 0 atom stereocenters. The molecule has 1 aromatic carbocycles. The first kappa shape index (κ1) is 11.1. The topological polar surface area (TPSA) is 20.2 Å². The highest BCUT2D eigenvalue weighted by Crippen LogP contribution is 2.35. The third-order valence-corrected chi connectivity index (χ3v) is 2.47. The van der Waals surface area contributed by atoms with E-state index in [4.69, 9.17) is 0 Å². The molecule has 0 bridgehead atoms. The number of phenolic OH excluding ortho intramolecular Hbond substituents is 1. The summed E-state index contributed by atoms with van der Waals surface area (Å²) < 4.78 is 0. The van der Waals surface area contributed by atoms with Gasteiger partial charge in [0.15, 0.2) is 0 Å². The molecule has 1 N–H and O–H groups in total. The van der Waals surface area contributed by atoms with E-state index < -0.39 is 0 Å². The van der Waals surface area contributed by atoms with Crippen molar-refractivity contribution in [2.24, 2.45) is 0 Å².